The molecule has 1 N–H and O–H groups in total. The van der Waals surface area contributed by atoms with Crippen LogP contribution in [-0.4, -0.2) is 23.0 Å². The number of halogens is 2. The Bertz CT molecular complexity index is 737. The van der Waals surface area contributed by atoms with E-state index in [0.29, 0.717) is 22.4 Å². The van der Waals surface area contributed by atoms with Crippen molar-refractivity contribution in [1.29, 1.82) is 0 Å². The lowest BCUT2D eigenvalue weighted by Crippen LogP contribution is -2.01. The Labute approximate surface area is 138 Å². The number of phenols is 1. The van der Waals surface area contributed by atoms with Gasteiger partial charge in [0.2, 0.25) is 0 Å². The summed E-state index contributed by atoms with van der Waals surface area (Å²) in [6, 6.07) is 7.79. The summed E-state index contributed by atoms with van der Waals surface area (Å²) in [7, 11) is 1.47. The van der Waals surface area contributed by atoms with Crippen LogP contribution in [0.2, 0.25) is 10.3 Å². The summed E-state index contributed by atoms with van der Waals surface area (Å²) >= 11 is 11.6. The van der Waals surface area contributed by atoms with Crippen molar-refractivity contribution in [3.63, 3.8) is 0 Å². The Kier molecular flexibility index (Phi) is 5.06. The number of aromatic nitrogens is 1. The fourth-order valence-electron chi connectivity index (χ4n) is 1.94. The number of phenolic OH excluding ortho intramolecular Hbond substituents is 1. The zero-order valence-electron chi connectivity index (χ0n) is 11.9. The second-order valence-corrected chi connectivity index (χ2v) is 5.36. The third-order valence-corrected chi connectivity index (χ3v) is 3.36. The zero-order chi connectivity index (χ0) is 16.3. The number of hydrogen-bond acceptors (Lipinski definition) is 4. The summed E-state index contributed by atoms with van der Waals surface area (Å²) in [4.78, 5) is 16.2. The van der Waals surface area contributed by atoms with E-state index in [1.165, 1.54) is 25.3 Å². The molecule has 0 atom stereocenters. The lowest BCUT2D eigenvalue weighted by Gasteiger charge is -2.05. The quantitative estimate of drug-likeness (QED) is 0.510. The number of methoxy groups -OCH3 is 1. The second-order valence-electron chi connectivity index (χ2n) is 4.59. The van der Waals surface area contributed by atoms with Crippen LogP contribution in [0.1, 0.15) is 22.8 Å². The molecular formula is C16H13Cl2NO3. The first-order valence-electron chi connectivity index (χ1n) is 6.34. The Hall–Kier alpha value is -2.04. The summed E-state index contributed by atoms with van der Waals surface area (Å²) in [6.45, 7) is 1.67. The minimum absolute atomic E-state index is 0.00602. The van der Waals surface area contributed by atoms with Gasteiger partial charge in [-0.15, -0.1) is 0 Å². The highest BCUT2D eigenvalue weighted by Gasteiger charge is 2.11. The second kappa shape index (κ2) is 6.81. The Morgan fingerprint density at radius 2 is 1.86 bits per heavy atom. The smallest absolute Gasteiger partial charge is 0.188 e. The van der Waals surface area contributed by atoms with E-state index in [9.17, 15) is 9.90 Å². The molecule has 6 heteroatoms. The number of Topliss-reactive ketones (excluding diaryl/α,β-unsaturated/α-hetero) is 1. The van der Waals surface area contributed by atoms with E-state index in [1.807, 2.05) is 0 Å². The average molecular weight is 338 g/mol. The number of benzene rings is 1. The van der Waals surface area contributed by atoms with E-state index >= 15 is 0 Å². The average Bonchev–Trinajstić information content (AvgIpc) is 2.45. The van der Waals surface area contributed by atoms with Crippen molar-refractivity contribution in [3.8, 4) is 11.5 Å². The zero-order valence-corrected chi connectivity index (χ0v) is 13.4. The van der Waals surface area contributed by atoms with Gasteiger partial charge in [0.25, 0.3) is 0 Å². The molecule has 0 aliphatic carbocycles. The Balaban J connectivity index is 2.31. The van der Waals surface area contributed by atoms with Crippen LogP contribution >= 0.6 is 23.2 Å². The summed E-state index contributed by atoms with van der Waals surface area (Å²) in [6.07, 6.45) is 1.66. The van der Waals surface area contributed by atoms with Gasteiger partial charge in [-0.2, -0.15) is 0 Å². The van der Waals surface area contributed by atoms with E-state index in [2.05, 4.69) is 4.98 Å². The van der Waals surface area contributed by atoms with E-state index in [-0.39, 0.29) is 21.8 Å². The molecule has 0 aliphatic heterocycles. The van der Waals surface area contributed by atoms with Gasteiger partial charge in [0.1, 0.15) is 10.3 Å². The van der Waals surface area contributed by atoms with Crippen LogP contribution < -0.4 is 4.74 Å². The third-order valence-electron chi connectivity index (χ3n) is 2.97. The number of pyridine rings is 1. The molecule has 2 aromatic rings. The van der Waals surface area contributed by atoms with Crippen molar-refractivity contribution >= 4 is 35.1 Å². The summed E-state index contributed by atoms with van der Waals surface area (Å²) < 4.78 is 4.97. The first-order valence-corrected chi connectivity index (χ1v) is 7.09. The van der Waals surface area contributed by atoms with E-state index in [0.717, 1.165) is 0 Å². The molecule has 2 rings (SSSR count). The number of carbonyl (C=O) groups excluding carboxylic acids is 1. The van der Waals surface area contributed by atoms with E-state index in [4.69, 9.17) is 27.9 Å². The molecule has 4 nitrogen and oxygen atoms in total. The molecular weight excluding hydrogens is 325 g/mol. The largest absolute Gasteiger partial charge is 0.504 e. The van der Waals surface area contributed by atoms with Crippen molar-refractivity contribution < 1.29 is 14.6 Å². The molecule has 0 unspecified atom stereocenters. The molecule has 0 bridgehead atoms. The molecule has 22 heavy (non-hydrogen) atoms. The van der Waals surface area contributed by atoms with Gasteiger partial charge in [-0.05, 0) is 48.4 Å². The number of nitrogens with zero attached hydrogens (tertiary/aromatic N) is 1. The highest BCUT2D eigenvalue weighted by atomic mass is 35.5. The topological polar surface area (TPSA) is 59.4 Å². The normalized spacial score (nSPS) is 11.4. The molecule has 0 saturated carbocycles. The summed E-state index contributed by atoms with van der Waals surface area (Å²) in [5.41, 5.74) is 1.51. The highest BCUT2D eigenvalue weighted by Crippen LogP contribution is 2.27. The fraction of sp³-hybridized carbons (Fsp3) is 0.125. The molecule has 114 valence electrons. The molecule has 0 spiro atoms. The van der Waals surface area contributed by atoms with Gasteiger partial charge >= 0.3 is 0 Å². The molecule has 0 amide bonds. The molecule has 0 radical (unpaired) electrons. The van der Waals surface area contributed by atoms with E-state index < -0.39 is 0 Å². The standard InChI is InChI=1S/C16H13Cl2NO3/c1-9(5-10-3-4-13(22-2)12(20)6-10)16(21)11-7-14(17)19-15(18)8-11/h3-8,20H,1-2H3/b9-5+. The Morgan fingerprint density at radius 1 is 1.23 bits per heavy atom. The molecule has 0 saturated heterocycles. The monoisotopic (exact) mass is 337 g/mol. The SMILES string of the molecule is COc1ccc(/C=C(\C)C(=O)c2cc(Cl)nc(Cl)c2)cc1O. The predicted octanol–water partition coefficient (Wildman–Crippen LogP) is 4.39. The predicted molar refractivity (Wildman–Crippen MR) is 86.9 cm³/mol. The number of aromatic hydroxyl groups is 1. The number of ether oxygens (including phenoxy) is 1. The molecule has 0 aliphatic rings. The minimum Gasteiger partial charge on any atom is -0.504 e. The van der Waals surface area contributed by atoms with Gasteiger partial charge in [0.05, 0.1) is 7.11 Å². The summed E-state index contributed by atoms with van der Waals surface area (Å²) in [5.74, 6) is 0.154. The van der Waals surface area contributed by atoms with Crippen molar-refractivity contribution in [2.45, 2.75) is 6.92 Å². The van der Waals surface area contributed by atoms with Crippen LogP contribution in [0.15, 0.2) is 35.9 Å². The fourth-order valence-corrected chi connectivity index (χ4v) is 2.40. The number of rotatable bonds is 4. The van der Waals surface area contributed by atoms with Crippen molar-refractivity contribution in [1.82, 2.24) is 4.98 Å². The van der Waals surface area contributed by atoms with Crippen LogP contribution in [-0.2, 0) is 0 Å². The number of carbonyl (C=O) groups is 1. The van der Waals surface area contributed by atoms with Gasteiger partial charge in [0, 0.05) is 5.56 Å². The van der Waals surface area contributed by atoms with Crippen LogP contribution in [0.4, 0.5) is 0 Å². The number of allylic oxidation sites excluding steroid dienone is 1. The van der Waals surface area contributed by atoms with Crippen molar-refractivity contribution in [2.75, 3.05) is 7.11 Å². The minimum atomic E-state index is -0.221. The van der Waals surface area contributed by atoms with E-state index in [1.54, 1.807) is 25.1 Å². The van der Waals surface area contributed by atoms with Crippen LogP contribution in [0.3, 0.4) is 0 Å². The van der Waals surface area contributed by atoms with Crippen LogP contribution in [0.5, 0.6) is 11.5 Å². The lowest BCUT2D eigenvalue weighted by molar-refractivity contribution is 0.103. The van der Waals surface area contributed by atoms with Crippen molar-refractivity contribution in [3.05, 3.63) is 57.3 Å². The Morgan fingerprint density at radius 3 is 2.41 bits per heavy atom. The number of ketones is 1. The maximum Gasteiger partial charge on any atom is 0.188 e. The first-order chi connectivity index (χ1) is 10.4. The van der Waals surface area contributed by atoms with Gasteiger partial charge in [-0.1, -0.05) is 29.3 Å². The maximum absolute atomic E-state index is 12.4. The number of hydrogen-bond donors (Lipinski definition) is 1. The molecule has 1 aromatic heterocycles. The first kappa shape index (κ1) is 16.3. The lowest BCUT2D eigenvalue weighted by atomic mass is 10.0. The van der Waals surface area contributed by atoms with Gasteiger partial charge in [-0.3, -0.25) is 4.79 Å². The van der Waals surface area contributed by atoms with Gasteiger partial charge < -0.3 is 9.84 Å². The molecule has 1 heterocycles. The van der Waals surface area contributed by atoms with Gasteiger partial charge in [-0.25, -0.2) is 4.98 Å². The maximum atomic E-state index is 12.4. The van der Waals surface area contributed by atoms with Gasteiger partial charge in [0.15, 0.2) is 17.3 Å². The third kappa shape index (κ3) is 3.78. The summed E-state index contributed by atoms with van der Waals surface area (Å²) in [5, 5.41) is 10.1. The van der Waals surface area contributed by atoms with Crippen molar-refractivity contribution in [2.24, 2.45) is 0 Å². The molecule has 0 fully saturated rings. The highest BCUT2D eigenvalue weighted by molar-refractivity contribution is 6.33. The van der Waals surface area contributed by atoms with Crippen LogP contribution in [0.25, 0.3) is 6.08 Å². The van der Waals surface area contributed by atoms with Crippen LogP contribution in [0, 0.1) is 0 Å². The molecule has 1 aromatic carbocycles.